The van der Waals surface area contributed by atoms with Crippen molar-refractivity contribution in [2.24, 2.45) is 0 Å². The Morgan fingerprint density at radius 2 is 2.38 bits per heavy atom. The normalized spacial score (nSPS) is 27.9. The number of aliphatic hydroxyl groups is 1. The van der Waals surface area contributed by atoms with Crippen LogP contribution in [0.1, 0.15) is 26.7 Å². The Hall–Kier alpha value is -1.35. The fourth-order valence-corrected chi connectivity index (χ4v) is 1.79. The largest absolute Gasteiger partial charge is 0.390 e. The van der Waals surface area contributed by atoms with Crippen LogP contribution in [-0.4, -0.2) is 23.2 Å². The lowest BCUT2D eigenvalue weighted by molar-refractivity contribution is -0.121. The van der Waals surface area contributed by atoms with Crippen molar-refractivity contribution in [1.82, 2.24) is 5.32 Å². The second-order valence-electron chi connectivity index (χ2n) is 3.92. The molecule has 16 heavy (non-hydrogen) atoms. The molecule has 1 amide bonds. The van der Waals surface area contributed by atoms with E-state index in [0.29, 0.717) is 12.8 Å². The van der Waals surface area contributed by atoms with Gasteiger partial charge in [-0.25, -0.2) is 0 Å². The number of carbonyl (C=O) groups is 1. The predicted octanol–water partition coefficient (Wildman–Crippen LogP) is 1.70. The van der Waals surface area contributed by atoms with Gasteiger partial charge in [-0.15, -0.1) is 0 Å². The molecule has 88 valence electrons. The molecule has 0 bridgehead atoms. The first-order valence-corrected chi connectivity index (χ1v) is 5.58. The molecule has 1 aliphatic carbocycles. The van der Waals surface area contributed by atoms with Crippen LogP contribution in [0.2, 0.25) is 0 Å². The van der Waals surface area contributed by atoms with Gasteiger partial charge < -0.3 is 10.4 Å². The molecular weight excluding hydrogens is 202 g/mol. The number of hydrogen-bond donors (Lipinski definition) is 2. The van der Waals surface area contributed by atoms with Gasteiger partial charge in [-0.2, -0.15) is 0 Å². The number of allylic oxidation sites excluding steroid dienone is 3. The van der Waals surface area contributed by atoms with E-state index < -0.39 is 6.10 Å². The molecule has 2 N–H and O–H groups in total. The Balaban J connectivity index is 2.85. The van der Waals surface area contributed by atoms with Gasteiger partial charge in [0.05, 0.1) is 12.1 Å². The Labute approximate surface area is 96.5 Å². The van der Waals surface area contributed by atoms with E-state index in [2.05, 4.69) is 11.9 Å². The third-order valence-electron chi connectivity index (χ3n) is 2.69. The summed E-state index contributed by atoms with van der Waals surface area (Å²) in [6.07, 6.45) is 6.09. The molecule has 0 spiro atoms. The zero-order valence-electron chi connectivity index (χ0n) is 9.86. The monoisotopic (exact) mass is 221 g/mol. The fourth-order valence-electron chi connectivity index (χ4n) is 1.79. The van der Waals surface area contributed by atoms with E-state index in [1.54, 1.807) is 6.92 Å². The molecule has 3 nitrogen and oxygen atoms in total. The second kappa shape index (κ2) is 5.66. The first kappa shape index (κ1) is 12.7. The molecule has 0 aliphatic heterocycles. The molecule has 0 aromatic heterocycles. The SMILES string of the molecule is C=C1C[C@H](O)[C@H](NC(=O)CC)/C1=C/C=C\C. The molecule has 2 atom stereocenters. The quantitative estimate of drug-likeness (QED) is 0.762. The molecule has 1 rings (SSSR count). The zero-order valence-corrected chi connectivity index (χ0v) is 9.86. The summed E-state index contributed by atoms with van der Waals surface area (Å²) in [5, 5.41) is 12.6. The number of carbonyl (C=O) groups excluding carboxylic acids is 1. The van der Waals surface area contributed by atoms with Crippen molar-refractivity contribution >= 4 is 5.91 Å². The molecule has 1 fully saturated rings. The molecule has 3 heteroatoms. The van der Waals surface area contributed by atoms with Crippen molar-refractivity contribution in [3.8, 4) is 0 Å². The first-order chi connectivity index (χ1) is 7.60. The second-order valence-corrected chi connectivity index (χ2v) is 3.92. The Morgan fingerprint density at radius 3 is 2.94 bits per heavy atom. The van der Waals surface area contributed by atoms with E-state index in [1.165, 1.54) is 0 Å². The van der Waals surface area contributed by atoms with Gasteiger partial charge in [0.2, 0.25) is 5.91 Å². The lowest BCUT2D eigenvalue weighted by Gasteiger charge is -2.17. The highest BCUT2D eigenvalue weighted by molar-refractivity contribution is 5.77. The van der Waals surface area contributed by atoms with Crippen LogP contribution in [0.3, 0.4) is 0 Å². The topological polar surface area (TPSA) is 49.3 Å². The van der Waals surface area contributed by atoms with Crippen LogP contribution in [0.15, 0.2) is 36.0 Å². The Morgan fingerprint density at radius 1 is 1.69 bits per heavy atom. The van der Waals surface area contributed by atoms with E-state index in [-0.39, 0.29) is 11.9 Å². The third-order valence-corrected chi connectivity index (χ3v) is 2.69. The molecule has 0 aromatic carbocycles. The molecule has 0 unspecified atom stereocenters. The van der Waals surface area contributed by atoms with E-state index in [1.807, 2.05) is 25.2 Å². The average Bonchev–Trinajstić information content (AvgIpc) is 2.51. The molecule has 0 aromatic rings. The predicted molar refractivity (Wildman–Crippen MR) is 64.9 cm³/mol. The fraction of sp³-hybridized carbons (Fsp3) is 0.462. The maximum Gasteiger partial charge on any atom is 0.220 e. The van der Waals surface area contributed by atoms with Crippen LogP contribution < -0.4 is 5.32 Å². The molecule has 1 aliphatic rings. The highest BCUT2D eigenvalue weighted by Crippen LogP contribution is 2.30. The lowest BCUT2D eigenvalue weighted by atomic mass is 10.1. The van der Waals surface area contributed by atoms with Crippen LogP contribution in [0, 0.1) is 0 Å². The van der Waals surface area contributed by atoms with Crippen LogP contribution in [0.5, 0.6) is 0 Å². The molecule has 1 saturated carbocycles. The van der Waals surface area contributed by atoms with Crippen LogP contribution in [0.25, 0.3) is 0 Å². The number of aliphatic hydroxyl groups excluding tert-OH is 1. The van der Waals surface area contributed by atoms with E-state index in [4.69, 9.17) is 0 Å². The minimum absolute atomic E-state index is 0.0508. The van der Waals surface area contributed by atoms with Crippen LogP contribution >= 0.6 is 0 Å². The summed E-state index contributed by atoms with van der Waals surface area (Å²) < 4.78 is 0. The Bertz CT molecular complexity index is 342. The summed E-state index contributed by atoms with van der Waals surface area (Å²) in [4.78, 5) is 11.3. The maximum absolute atomic E-state index is 11.3. The van der Waals surface area contributed by atoms with Gasteiger partial charge >= 0.3 is 0 Å². The summed E-state index contributed by atoms with van der Waals surface area (Å²) in [7, 11) is 0. The van der Waals surface area contributed by atoms with Gasteiger partial charge in [0, 0.05) is 12.8 Å². The highest BCUT2D eigenvalue weighted by Gasteiger charge is 2.33. The summed E-state index contributed by atoms with van der Waals surface area (Å²) in [5.41, 5.74) is 1.82. The lowest BCUT2D eigenvalue weighted by Crippen LogP contribution is -2.40. The summed E-state index contributed by atoms with van der Waals surface area (Å²) in [6, 6.07) is -0.309. The summed E-state index contributed by atoms with van der Waals surface area (Å²) in [6.45, 7) is 7.62. The Kier molecular flexibility index (Phi) is 4.50. The van der Waals surface area contributed by atoms with Crippen LogP contribution in [0.4, 0.5) is 0 Å². The summed E-state index contributed by atoms with van der Waals surface area (Å²) >= 11 is 0. The minimum Gasteiger partial charge on any atom is -0.390 e. The van der Waals surface area contributed by atoms with Gasteiger partial charge in [-0.05, 0) is 18.1 Å². The van der Waals surface area contributed by atoms with Gasteiger partial charge in [-0.3, -0.25) is 4.79 Å². The number of nitrogens with one attached hydrogen (secondary N) is 1. The van der Waals surface area contributed by atoms with Crippen molar-refractivity contribution in [3.63, 3.8) is 0 Å². The number of hydrogen-bond acceptors (Lipinski definition) is 2. The van der Waals surface area contributed by atoms with Crippen molar-refractivity contribution in [2.75, 3.05) is 0 Å². The van der Waals surface area contributed by atoms with Gasteiger partial charge in [0.25, 0.3) is 0 Å². The number of amides is 1. The first-order valence-electron chi connectivity index (χ1n) is 5.58. The third kappa shape index (κ3) is 2.83. The highest BCUT2D eigenvalue weighted by atomic mass is 16.3. The molecule has 0 saturated heterocycles. The standard InChI is InChI=1S/C13H19NO2/c1-4-6-7-10-9(3)8-11(15)13(10)14-12(16)5-2/h4,6-7,11,13,15H,3,5,8H2,1-2H3,(H,14,16)/b6-4-,10-7+/t11-,13+/m0/s1. The van der Waals surface area contributed by atoms with Crippen molar-refractivity contribution < 1.29 is 9.90 Å². The summed E-state index contributed by atoms with van der Waals surface area (Å²) in [5.74, 6) is -0.0508. The van der Waals surface area contributed by atoms with Gasteiger partial charge in [0.15, 0.2) is 0 Å². The van der Waals surface area contributed by atoms with Gasteiger partial charge in [0.1, 0.15) is 0 Å². The molecule has 0 heterocycles. The van der Waals surface area contributed by atoms with E-state index in [9.17, 15) is 9.90 Å². The minimum atomic E-state index is -0.556. The van der Waals surface area contributed by atoms with Crippen molar-refractivity contribution in [2.45, 2.75) is 38.8 Å². The average molecular weight is 221 g/mol. The van der Waals surface area contributed by atoms with E-state index in [0.717, 1.165) is 11.1 Å². The van der Waals surface area contributed by atoms with Gasteiger partial charge in [-0.1, -0.05) is 31.7 Å². The van der Waals surface area contributed by atoms with E-state index >= 15 is 0 Å². The maximum atomic E-state index is 11.3. The van der Waals surface area contributed by atoms with Crippen LogP contribution in [-0.2, 0) is 4.79 Å². The van der Waals surface area contributed by atoms with Crippen molar-refractivity contribution in [1.29, 1.82) is 0 Å². The van der Waals surface area contributed by atoms with Crippen molar-refractivity contribution in [3.05, 3.63) is 36.0 Å². The zero-order chi connectivity index (χ0) is 12.1. The number of rotatable bonds is 3. The molecule has 0 radical (unpaired) electrons. The molecular formula is C13H19NO2. The smallest absolute Gasteiger partial charge is 0.220 e.